The fraction of sp³-hybridized carbons (Fsp3) is 0.250. The van der Waals surface area contributed by atoms with Crippen LogP contribution in [-0.2, 0) is 30.8 Å². The number of fused-ring (bicyclic) bond motifs is 5. The molecule has 6 unspecified atom stereocenters. The predicted octanol–water partition coefficient (Wildman–Crippen LogP) is 7.96. The van der Waals surface area contributed by atoms with Crippen LogP contribution in [0.4, 0.5) is 24.7 Å². The Morgan fingerprint density at radius 1 is 0.862 bits per heavy atom. The van der Waals surface area contributed by atoms with Crippen molar-refractivity contribution in [2.75, 3.05) is 17.5 Å². The van der Waals surface area contributed by atoms with E-state index in [1.54, 1.807) is 54.6 Å². The number of carbonyl (C=O) groups excluding carboxylic acids is 4. The van der Waals surface area contributed by atoms with E-state index in [-0.39, 0.29) is 23.6 Å². The lowest BCUT2D eigenvalue weighted by atomic mass is 9.48. The monoisotopic (exact) mass is 805 g/mol. The van der Waals surface area contributed by atoms with Crippen LogP contribution in [0.15, 0.2) is 115 Å². The molecule has 10 nitrogen and oxygen atoms in total. The molecule has 14 heteroatoms. The molecular formula is C44H35ClF3N5O5. The first-order valence-corrected chi connectivity index (χ1v) is 19.1. The number of hydrogen-bond acceptors (Lipinski definition) is 8. The van der Waals surface area contributed by atoms with Gasteiger partial charge in [0.25, 0.3) is 23.6 Å². The Hall–Kier alpha value is -6.21. The minimum absolute atomic E-state index is 0.0281. The van der Waals surface area contributed by atoms with Crippen LogP contribution in [0.3, 0.4) is 0 Å². The molecule has 0 spiro atoms. The van der Waals surface area contributed by atoms with Gasteiger partial charge in [-0.15, -0.1) is 0 Å². The van der Waals surface area contributed by atoms with Gasteiger partial charge in [0.15, 0.2) is 5.82 Å². The minimum Gasteiger partial charge on any atom is -0.508 e. The topological polar surface area (TPSA) is 123 Å². The number of hydrazine groups is 2. The summed E-state index contributed by atoms with van der Waals surface area (Å²) in [6.07, 6.45) is -2.97. The molecule has 294 valence electrons. The summed E-state index contributed by atoms with van der Waals surface area (Å²) in [5.41, 5.74) is 3.17. The largest absolute Gasteiger partial charge is 0.508 e. The highest BCUT2D eigenvalue weighted by Crippen LogP contribution is 2.65. The van der Waals surface area contributed by atoms with Gasteiger partial charge in [-0.25, -0.2) is 4.98 Å². The standard InChI is InChI=1S/C44H35ClF3N5O5/c1-23-12-15-26(16-13-23)50-52-40(56)31-22-30-28(17-18-29-35(30)41(57)53(39(29)55)51(2)38-32(45)19-21-34(49-38)44(46,47)48)37(43(31,42(52)58)25-9-4-3-5-10-25)36-27-11-7-6-8-24(27)14-20-33(36)54/h3-17,19-21,29-31,35,37,50,54H,18,22H2,1-2H3. The summed E-state index contributed by atoms with van der Waals surface area (Å²) >= 11 is 6.34. The number of amides is 4. The quantitative estimate of drug-likeness (QED) is 0.131. The highest BCUT2D eigenvalue weighted by atomic mass is 35.5. The summed E-state index contributed by atoms with van der Waals surface area (Å²) in [6.45, 7) is 1.91. The number of halogens is 4. The molecule has 6 atom stereocenters. The van der Waals surface area contributed by atoms with Crippen molar-refractivity contribution >= 4 is 57.5 Å². The molecule has 3 heterocycles. The zero-order valence-electron chi connectivity index (χ0n) is 31.1. The molecule has 4 aliphatic rings. The molecule has 5 aromatic rings. The summed E-state index contributed by atoms with van der Waals surface area (Å²) in [4.78, 5) is 63.3. The van der Waals surface area contributed by atoms with Crippen molar-refractivity contribution in [3.05, 3.63) is 142 Å². The number of allylic oxidation sites excluding steroid dienone is 2. The number of phenols is 1. The maximum atomic E-state index is 15.5. The lowest BCUT2D eigenvalue weighted by molar-refractivity contribution is -0.142. The van der Waals surface area contributed by atoms with Gasteiger partial charge in [-0.3, -0.25) is 29.6 Å². The molecule has 1 aromatic heterocycles. The average molecular weight is 806 g/mol. The van der Waals surface area contributed by atoms with Crippen molar-refractivity contribution < 1.29 is 37.5 Å². The number of nitrogens with one attached hydrogen (secondary N) is 1. The number of aromatic nitrogens is 1. The van der Waals surface area contributed by atoms with Gasteiger partial charge >= 0.3 is 6.18 Å². The zero-order valence-corrected chi connectivity index (χ0v) is 31.8. The highest BCUT2D eigenvalue weighted by molar-refractivity contribution is 6.33. The van der Waals surface area contributed by atoms with Crippen molar-refractivity contribution in [3.8, 4) is 5.75 Å². The molecule has 58 heavy (non-hydrogen) atoms. The van der Waals surface area contributed by atoms with E-state index in [4.69, 9.17) is 11.6 Å². The van der Waals surface area contributed by atoms with Crippen molar-refractivity contribution in [3.63, 3.8) is 0 Å². The van der Waals surface area contributed by atoms with Crippen LogP contribution in [-0.4, -0.2) is 50.8 Å². The van der Waals surface area contributed by atoms with E-state index < -0.39 is 76.3 Å². The summed E-state index contributed by atoms with van der Waals surface area (Å²) in [7, 11) is 1.25. The number of rotatable bonds is 6. The van der Waals surface area contributed by atoms with Crippen LogP contribution in [0.25, 0.3) is 10.8 Å². The summed E-state index contributed by atoms with van der Waals surface area (Å²) in [6, 6.07) is 28.6. The molecule has 3 fully saturated rings. The van der Waals surface area contributed by atoms with Crippen LogP contribution in [0, 0.1) is 30.6 Å². The normalized spacial score (nSPS) is 25.4. The molecule has 1 saturated carbocycles. The van der Waals surface area contributed by atoms with Crippen molar-refractivity contribution in [2.45, 2.75) is 37.3 Å². The minimum atomic E-state index is -4.82. The summed E-state index contributed by atoms with van der Waals surface area (Å²) < 4.78 is 41.3. The second kappa shape index (κ2) is 13.4. The molecule has 0 radical (unpaired) electrons. The van der Waals surface area contributed by atoms with Gasteiger partial charge in [0.05, 0.1) is 33.9 Å². The molecule has 2 saturated heterocycles. The number of aromatic hydroxyl groups is 1. The molecule has 4 amide bonds. The number of nitrogens with zero attached hydrogens (tertiary/aromatic N) is 4. The SMILES string of the molecule is Cc1ccc(NN2C(=O)C3CC4C(=CCC5C(=O)N(N(C)c6nc(C(F)(F)F)ccc6Cl)C(=O)C54)C(c4c(O)ccc5ccccc45)C3(c3ccccc3)C2=O)cc1. The van der Waals surface area contributed by atoms with Gasteiger partial charge < -0.3 is 5.11 Å². The van der Waals surface area contributed by atoms with Crippen LogP contribution in [0.2, 0.25) is 5.02 Å². The van der Waals surface area contributed by atoms with Crippen LogP contribution in [0.1, 0.15) is 41.1 Å². The lowest BCUT2D eigenvalue weighted by Gasteiger charge is -2.51. The number of alkyl halides is 3. The Bertz CT molecular complexity index is 2580. The fourth-order valence-corrected chi connectivity index (χ4v) is 10.1. The number of pyridine rings is 1. The van der Waals surface area contributed by atoms with Crippen molar-refractivity contribution in [2.24, 2.45) is 23.7 Å². The molecule has 9 rings (SSSR count). The number of anilines is 2. The first-order valence-electron chi connectivity index (χ1n) is 18.8. The predicted molar refractivity (Wildman–Crippen MR) is 209 cm³/mol. The first kappa shape index (κ1) is 37.4. The van der Waals surface area contributed by atoms with E-state index in [1.165, 1.54) is 7.05 Å². The molecule has 2 N–H and O–H groups in total. The lowest BCUT2D eigenvalue weighted by Crippen LogP contribution is -2.53. The Morgan fingerprint density at radius 3 is 2.29 bits per heavy atom. The smallest absolute Gasteiger partial charge is 0.433 e. The number of imide groups is 2. The van der Waals surface area contributed by atoms with E-state index in [0.29, 0.717) is 33.8 Å². The van der Waals surface area contributed by atoms with Gasteiger partial charge in [0, 0.05) is 18.5 Å². The van der Waals surface area contributed by atoms with E-state index in [9.17, 15) is 27.9 Å². The van der Waals surface area contributed by atoms with Gasteiger partial charge in [0.2, 0.25) is 0 Å². The highest BCUT2D eigenvalue weighted by Gasteiger charge is 2.71. The Kier molecular flexibility index (Phi) is 8.66. The van der Waals surface area contributed by atoms with Gasteiger partial charge in [0.1, 0.15) is 11.4 Å². The molecule has 2 aliphatic heterocycles. The Morgan fingerprint density at radius 2 is 1.57 bits per heavy atom. The average Bonchev–Trinajstić information content (AvgIpc) is 3.59. The molecule has 0 bridgehead atoms. The zero-order chi connectivity index (χ0) is 40.8. The van der Waals surface area contributed by atoms with E-state index in [0.717, 1.165) is 32.0 Å². The van der Waals surface area contributed by atoms with Crippen LogP contribution >= 0.6 is 11.6 Å². The molecular weight excluding hydrogens is 771 g/mol. The molecule has 2 aliphatic carbocycles. The maximum absolute atomic E-state index is 15.5. The van der Waals surface area contributed by atoms with Gasteiger partial charge in [-0.2, -0.15) is 23.2 Å². The van der Waals surface area contributed by atoms with E-state index >= 15 is 9.59 Å². The number of hydrogen-bond donors (Lipinski definition) is 2. The Balaban J connectivity index is 1.23. The third-order valence-corrected chi connectivity index (χ3v) is 12.6. The number of carbonyl (C=O) groups is 4. The van der Waals surface area contributed by atoms with Gasteiger partial charge in [-0.05, 0) is 72.4 Å². The van der Waals surface area contributed by atoms with E-state index in [2.05, 4.69) is 10.4 Å². The second-order valence-corrected chi connectivity index (χ2v) is 15.7. The summed E-state index contributed by atoms with van der Waals surface area (Å²) in [5.74, 6) is -7.97. The first-order chi connectivity index (χ1) is 27.7. The van der Waals surface area contributed by atoms with Crippen LogP contribution in [0.5, 0.6) is 5.75 Å². The van der Waals surface area contributed by atoms with E-state index in [1.807, 2.05) is 49.4 Å². The fourth-order valence-electron chi connectivity index (χ4n) is 9.84. The van der Waals surface area contributed by atoms with Crippen LogP contribution < -0.4 is 10.4 Å². The third kappa shape index (κ3) is 5.43. The van der Waals surface area contributed by atoms with Crippen molar-refractivity contribution in [1.29, 1.82) is 0 Å². The number of aryl methyl sites for hydroxylation is 1. The second-order valence-electron chi connectivity index (χ2n) is 15.3. The van der Waals surface area contributed by atoms with Crippen molar-refractivity contribution in [1.82, 2.24) is 15.0 Å². The number of benzene rings is 4. The van der Waals surface area contributed by atoms with Gasteiger partial charge in [-0.1, -0.05) is 102 Å². The molecule has 4 aromatic carbocycles. The third-order valence-electron chi connectivity index (χ3n) is 12.3. The maximum Gasteiger partial charge on any atom is 0.433 e. The summed E-state index contributed by atoms with van der Waals surface area (Å²) in [5, 5.41) is 15.9. The number of phenolic OH excluding ortho intramolecular Hbond substituents is 1. The Labute approximate surface area is 335 Å².